The number of esters is 1. The van der Waals surface area contributed by atoms with Crippen molar-refractivity contribution in [2.24, 2.45) is 0 Å². The number of aliphatic carboxylic acids is 1. The second-order valence-corrected chi connectivity index (χ2v) is 11.6. The highest BCUT2D eigenvalue weighted by atomic mass is 16.6. The smallest absolute Gasteiger partial charge is 0.345 e. The van der Waals surface area contributed by atoms with Crippen molar-refractivity contribution in [3.8, 4) is 51.4 Å². The average molecular weight is 670 g/mol. The molecule has 0 saturated carbocycles. The number of nitrogens with one attached hydrogen (secondary N) is 1. The molecule has 0 radical (unpaired) electrons. The number of carbonyl (C=O) groups excluding carboxylic acids is 1. The van der Waals surface area contributed by atoms with Gasteiger partial charge in [-0.3, -0.25) is 0 Å². The number of benzene rings is 4. The van der Waals surface area contributed by atoms with Crippen LogP contribution in [0.2, 0.25) is 0 Å². The Hall–Kier alpha value is -6.14. The van der Waals surface area contributed by atoms with E-state index in [-0.39, 0.29) is 29.4 Å². The number of hydrogen-bond acceptors (Lipinski definition) is 11. The minimum Gasteiger partial charge on any atom is -0.508 e. The van der Waals surface area contributed by atoms with Crippen molar-refractivity contribution in [2.45, 2.75) is 31.3 Å². The molecule has 12 nitrogen and oxygen atoms in total. The Morgan fingerprint density at radius 2 is 1.39 bits per heavy atom. The summed E-state index contributed by atoms with van der Waals surface area (Å²) in [7, 11) is 1.57. The average Bonchev–Trinajstić information content (AvgIpc) is 3.26. The van der Waals surface area contributed by atoms with Crippen molar-refractivity contribution >= 4 is 30.2 Å². The molecular formula is C37H35NO11. The Morgan fingerprint density at radius 3 is 2.06 bits per heavy atom. The molecule has 9 N–H and O–H groups in total. The summed E-state index contributed by atoms with van der Waals surface area (Å²) >= 11 is 0. The number of phenols is 7. The van der Waals surface area contributed by atoms with Crippen LogP contribution in [0.4, 0.5) is 0 Å². The zero-order valence-electron chi connectivity index (χ0n) is 26.3. The van der Waals surface area contributed by atoms with Gasteiger partial charge in [-0.25, -0.2) is 9.59 Å². The van der Waals surface area contributed by atoms with Crippen LogP contribution in [0.1, 0.15) is 45.7 Å². The van der Waals surface area contributed by atoms with Crippen molar-refractivity contribution in [1.29, 1.82) is 0 Å². The Labute approximate surface area is 280 Å². The molecule has 1 aliphatic carbocycles. The maximum absolute atomic E-state index is 13.0. The van der Waals surface area contributed by atoms with Crippen LogP contribution in [0.15, 0.2) is 60.7 Å². The Morgan fingerprint density at radius 1 is 0.755 bits per heavy atom. The number of carboxylic acid groups (broad SMARTS) is 1. The fourth-order valence-electron chi connectivity index (χ4n) is 6.04. The monoisotopic (exact) mass is 669 g/mol. The van der Waals surface area contributed by atoms with Gasteiger partial charge in [0.25, 0.3) is 0 Å². The third kappa shape index (κ3) is 7.24. The van der Waals surface area contributed by atoms with Crippen LogP contribution in [-0.2, 0) is 27.2 Å². The number of aromatic hydroxyl groups is 7. The van der Waals surface area contributed by atoms with E-state index in [2.05, 4.69) is 5.32 Å². The van der Waals surface area contributed by atoms with E-state index in [0.29, 0.717) is 58.2 Å². The highest BCUT2D eigenvalue weighted by Gasteiger charge is 2.33. The van der Waals surface area contributed by atoms with Gasteiger partial charge in [0.2, 0.25) is 6.10 Å². The fourth-order valence-corrected chi connectivity index (χ4v) is 6.04. The van der Waals surface area contributed by atoms with E-state index in [9.17, 15) is 50.4 Å². The second-order valence-electron chi connectivity index (χ2n) is 11.6. The molecule has 2 atom stereocenters. The highest BCUT2D eigenvalue weighted by Crippen LogP contribution is 2.46. The molecule has 0 saturated heterocycles. The van der Waals surface area contributed by atoms with Gasteiger partial charge in [0.15, 0.2) is 34.5 Å². The van der Waals surface area contributed by atoms with E-state index in [4.69, 9.17) is 4.74 Å². The first-order chi connectivity index (χ1) is 23.4. The van der Waals surface area contributed by atoms with Crippen LogP contribution < -0.4 is 5.32 Å². The number of ether oxygens (including phenoxy) is 1. The van der Waals surface area contributed by atoms with Gasteiger partial charge in [0.1, 0.15) is 5.75 Å². The van der Waals surface area contributed by atoms with Gasteiger partial charge >= 0.3 is 11.9 Å². The van der Waals surface area contributed by atoms with Gasteiger partial charge in [-0.05, 0) is 102 Å². The van der Waals surface area contributed by atoms with Crippen LogP contribution in [0.3, 0.4) is 0 Å². The van der Waals surface area contributed by atoms with Crippen LogP contribution in [-0.4, -0.2) is 72.5 Å². The van der Waals surface area contributed by atoms with Gasteiger partial charge in [0, 0.05) is 29.7 Å². The first kappa shape index (κ1) is 34.2. The number of carboxylic acids is 1. The van der Waals surface area contributed by atoms with Gasteiger partial charge in [-0.2, -0.15) is 0 Å². The van der Waals surface area contributed by atoms with E-state index in [1.165, 1.54) is 42.5 Å². The van der Waals surface area contributed by atoms with Crippen LogP contribution >= 0.6 is 0 Å². The van der Waals surface area contributed by atoms with Crippen LogP contribution in [0.25, 0.3) is 29.4 Å². The third-order valence-electron chi connectivity index (χ3n) is 8.41. The first-order valence-electron chi connectivity index (χ1n) is 15.3. The van der Waals surface area contributed by atoms with Crippen LogP contribution in [0, 0.1) is 0 Å². The molecule has 5 rings (SSSR count). The Kier molecular flexibility index (Phi) is 10.00. The number of likely N-dealkylation sites (N-methyl/N-ethyl adjacent to an activating group) is 1. The molecule has 12 heteroatoms. The van der Waals surface area contributed by atoms with Crippen molar-refractivity contribution in [3.05, 3.63) is 94.1 Å². The third-order valence-corrected chi connectivity index (χ3v) is 8.41. The number of hydrogen-bond donors (Lipinski definition) is 9. The van der Waals surface area contributed by atoms with E-state index in [1.54, 1.807) is 31.3 Å². The number of fused-ring (bicyclic) bond motifs is 3. The van der Waals surface area contributed by atoms with E-state index in [1.807, 2.05) is 6.07 Å². The maximum atomic E-state index is 13.0. The Bertz CT molecular complexity index is 1980. The normalized spacial score (nSPS) is 13.8. The number of rotatable bonds is 10. The lowest BCUT2D eigenvalue weighted by Crippen LogP contribution is -2.37. The second kappa shape index (κ2) is 14.3. The number of phenolic OH excluding ortho intramolecular Hbond substituents is 7. The zero-order chi connectivity index (χ0) is 35.4. The molecule has 0 spiro atoms. The molecule has 49 heavy (non-hydrogen) atoms. The molecule has 0 amide bonds. The van der Waals surface area contributed by atoms with Crippen molar-refractivity contribution in [1.82, 2.24) is 5.32 Å². The quantitative estimate of drug-likeness (QED) is 0.0474. The summed E-state index contributed by atoms with van der Waals surface area (Å²) in [5.74, 6) is -5.75. The lowest BCUT2D eigenvalue weighted by molar-refractivity contribution is -0.162. The summed E-state index contributed by atoms with van der Waals surface area (Å²) in [5, 5.41) is 84.8. The predicted molar refractivity (Wildman–Crippen MR) is 181 cm³/mol. The molecule has 0 fully saturated rings. The molecule has 254 valence electrons. The summed E-state index contributed by atoms with van der Waals surface area (Å²) in [4.78, 5) is 25.2. The minimum atomic E-state index is -1.69. The molecule has 4 aromatic rings. The zero-order valence-corrected chi connectivity index (χ0v) is 26.3. The largest absolute Gasteiger partial charge is 0.508 e. The van der Waals surface area contributed by atoms with Crippen LogP contribution in [0.5, 0.6) is 40.2 Å². The van der Waals surface area contributed by atoms with E-state index >= 15 is 0 Å². The predicted octanol–water partition coefficient (Wildman–Crippen LogP) is 4.96. The van der Waals surface area contributed by atoms with Gasteiger partial charge in [0.05, 0.1) is 0 Å². The van der Waals surface area contributed by atoms with Gasteiger partial charge in [-0.1, -0.05) is 30.4 Å². The molecule has 0 aromatic heterocycles. The first-order valence-corrected chi connectivity index (χ1v) is 15.3. The standard InChI is InChI=1S/C37H35NO11/c1-38-18-26(21-10-12-28(40)29(41)16-21)36(37(47)48)49-33(45)13-11-20-15-31(43)30(42)14-19(20)8-9-22-17-32(44)35(46)25-6-2-4-23-24(34(22)25)5-3-7-27(23)39/h3,5,7-17,26,36,38-44,46H,2,4,6,18H2,1H3,(H,47,48)/t26-,36+/m0/s1. The molecule has 1 aliphatic rings. The SMILES string of the molecule is CNC[C@@H](c1ccc(O)c(O)c1)[C@@H](OC(=O)C=Cc1cc(O)c(O)cc1C=Cc1cc(O)c(O)c2c1-c1cccc(O)c1CCC2)C(=O)O. The summed E-state index contributed by atoms with van der Waals surface area (Å²) in [5.41, 5.74) is 3.83. The lowest BCUT2D eigenvalue weighted by Gasteiger charge is -2.24. The highest BCUT2D eigenvalue weighted by molar-refractivity contribution is 5.92. The molecule has 4 aromatic carbocycles. The molecular weight excluding hydrogens is 634 g/mol. The molecule has 0 aliphatic heterocycles. The van der Waals surface area contributed by atoms with Gasteiger partial charge < -0.3 is 50.9 Å². The summed E-state index contributed by atoms with van der Waals surface area (Å²) < 4.78 is 5.33. The molecule has 0 bridgehead atoms. The summed E-state index contributed by atoms with van der Waals surface area (Å²) in [6.45, 7) is 0.0412. The van der Waals surface area contributed by atoms with E-state index in [0.717, 1.165) is 6.08 Å². The topological polar surface area (TPSA) is 217 Å². The van der Waals surface area contributed by atoms with E-state index < -0.39 is 47.0 Å². The van der Waals surface area contributed by atoms with Crippen molar-refractivity contribution in [3.63, 3.8) is 0 Å². The lowest BCUT2D eigenvalue weighted by atomic mass is 9.90. The van der Waals surface area contributed by atoms with Crippen molar-refractivity contribution in [2.75, 3.05) is 13.6 Å². The van der Waals surface area contributed by atoms with Crippen molar-refractivity contribution < 1.29 is 55.2 Å². The fraction of sp³-hybridized carbons (Fsp3) is 0.189. The maximum Gasteiger partial charge on any atom is 0.345 e. The van der Waals surface area contributed by atoms with Gasteiger partial charge in [-0.15, -0.1) is 0 Å². The Balaban J connectivity index is 1.48. The molecule has 0 heterocycles. The summed E-state index contributed by atoms with van der Waals surface area (Å²) in [6.07, 6.45) is 5.31. The molecule has 0 unspecified atom stereocenters. The minimum absolute atomic E-state index is 0.0412. The summed E-state index contributed by atoms with van der Waals surface area (Å²) in [6, 6.07) is 12.7. The number of carbonyl (C=O) groups is 2.